The highest BCUT2D eigenvalue weighted by atomic mass is 35.5. The van der Waals surface area contributed by atoms with Gasteiger partial charge in [0.2, 0.25) is 0 Å². The molecule has 1 saturated heterocycles. The topological polar surface area (TPSA) is 15.7 Å². The summed E-state index contributed by atoms with van der Waals surface area (Å²) >= 11 is 6.00. The Kier molecular flexibility index (Phi) is 6.13. The van der Waals surface area contributed by atoms with Crippen molar-refractivity contribution in [1.29, 1.82) is 0 Å². The van der Waals surface area contributed by atoms with Crippen LogP contribution in [0.15, 0.2) is 54.6 Å². The van der Waals surface area contributed by atoms with Crippen molar-refractivity contribution in [3.63, 3.8) is 0 Å². The molecule has 0 aliphatic carbocycles. The molecule has 3 rings (SSSR count). The monoisotopic (exact) mass is 344 g/mol. The lowest BCUT2D eigenvalue weighted by atomic mass is 10.1. The van der Waals surface area contributed by atoms with Crippen LogP contribution in [0, 0.1) is 0 Å². The maximum Gasteiger partial charge on any atom is 0.0951 e. The second kappa shape index (κ2) is 8.52. The molecule has 0 spiro atoms. The Labute approximate surface area is 149 Å². The van der Waals surface area contributed by atoms with Gasteiger partial charge in [-0.15, -0.1) is 0 Å². The van der Waals surface area contributed by atoms with E-state index in [2.05, 4.69) is 59.2 Å². The van der Waals surface area contributed by atoms with Crippen LogP contribution < -0.4 is 4.90 Å². The van der Waals surface area contributed by atoms with E-state index >= 15 is 0 Å². The molecule has 0 N–H and O–H groups in total. The Balaban J connectivity index is 1.58. The van der Waals surface area contributed by atoms with Gasteiger partial charge in [-0.25, -0.2) is 0 Å². The molecule has 1 aliphatic heterocycles. The number of benzene rings is 2. The summed E-state index contributed by atoms with van der Waals surface area (Å²) in [5, 5.41) is 0.769. The van der Waals surface area contributed by atoms with Crippen molar-refractivity contribution >= 4 is 17.3 Å². The van der Waals surface area contributed by atoms with Crippen LogP contribution in [0.25, 0.3) is 0 Å². The number of hydrogen-bond acceptors (Lipinski definition) is 3. The van der Waals surface area contributed by atoms with Crippen molar-refractivity contribution in [3.05, 3.63) is 65.2 Å². The van der Waals surface area contributed by atoms with Gasteiger partial charge in [0.05, 0.1) is 6.10 Å². The number of para-hydroxylation sites is 1. The molecule has 1 unspecified atom stereocenters. The Morgan fingerprint density at radius 1 is 0.958 bits per heavy atom. The van der Waals surface area contributed by atoms with E-state index in [9.17, 15) is 0 Å². The molecule has 3 nitrogen and oxygen atoms in total. The average molecular weight is 345 g/mol. The van der Waals surface area contributed by atoms with Crippen LogP contribution in [-0.4, -0.2) is 44.2 Å². The van der Waals surface area contributed by atoms with Crippen molar-refractivity contribution < 1.29 is 4.74 Å². The molecular formula is C20H25ClN2O. The number of ether oxygens (including phenoxy) is 1. The van der Waals surface area contributed by atoms with E-state index in [0.717, 1.165) is 44.4 Å². The first-order chi connectivity index (χ1) is 11.8. The lowest BCUT2D eigenvalue weighted by Gasteiger charge is -2.37. The number of anilines is 1. The summed E-state index contributed by atoms with van der Waals surface area (Å²) in [6.45, 7) is 7.94. The molecule has 0 saturated carbocycles. The molecule has 2 aromatic rings. The van der Waals surface area contributed by atoms with Gasteiger partial charge in [-0.05, 0) is 36.8 Å². The zero-order valence-electron chi connectivity index (χ0n) is 14.2. The zero-order chi connectivity index (χ0) is 16.8. The fraction of sp³-hybridized carbons (Fsp3) is 0.400. The van der Waals surface area contributed by atoms with E-state index in [4.69, 9.17) is 16.3 Å². The lowest BCUT2D eigenvalue weighted by molar-refractivity contribution is 0.0311. The van der Waals surface area contributed by atoms with Gasteiger partial charge in [0.15, 0.2) is 0 Å². The molecular weight excluding hydrogens is 320 g/mol. The third kappa shape index (κ3) is 4.50. The van der Waals surface area contributed by atoms with Crippen molar-refractivity contribution in [3.8, 4) is 0 Å². The molecule has 24 heavy (non-hydrogen) atoms. The maximum atomic E-state index is 6.00. The predicted octanol–water partition coefficient (Wildman–Crippen LogP) is 4.24. The first-order valence-electron chi connectivity index (χ1n) is 8.65. The molecule has 1 heterocycles. The highest BCUT2D eigenvalue weighted by Crippen LogP contribution is 2.22. The molecule has 0 bridgehead atoms. The van der Waals surface area contributed by atoms with Crippen LogP contribution in [0.3, 0.4) is 0 Å². The summed E-state index contributed by atoms with van der Waals surface area (Å²) in [4.78, 5) is 4.95. The Hall–Kier alpha value is -1.55. The summed E-state index contributed by atoms with van der Waals surface area (Å²) in [6.07, 6.45) is 0.107. The lowest BCUT2D eigenvalue weighted by Crippen LogP contribution is -2.47. The third-order valence-electron chi connectivity index (χ3n) is 4.53. The maximum absolute atomic E-state index is 6.00. The minimum Gasteiger partial charge on any atom is -0.372 e. The van der Waals surface area contributed by atoms with Gasteiger partial charge in [-0.2, -0.15) is 0 Å². The van der Waals surface area contributed by atoms with E-state index in [1.165, 1.54) is 11.3 Å². The van der Waals surface area contributed by atoms with E-state index in [0.29, 0.717) is 0 Å². The van der Waals surface area contributed by atoms with Gasteiger partial charge in [0, 0.05) is 50.0 Å². The summed E-state index contributed by atoms with van der Waals surface area (Å²) in [5.41, 5.74) is 2.52. The quantitative estimate of drug-likeness (QED) is 0.779. The smallest absolute Gasteiger partial charge is 0.0951 e. The van der Waals surface area contributed by atoms with E-state index in [-0.39, 0.29) is 6.10 Å². The number of halogens is 1. The average Bonchev–Trinajstić information content (AvgIpc) is 2.63. The van der Waals surface area contributed by atoms with Crippen LogP contribution in [0.1, 0.15) is 18.6 Å². The standard InChI is InChI=1S/C20H25ClN2O/c1-2-24-20(17-8-10-18(21)11-9-17)16-22-12-14-23(15-13-22)19-6-4-3-5-7-19/h3-11,20H,2,12-16H2,1H3. The molecule has 4 heteroatoms. The molecule has 128 valence electrons. The molecule has 0 radical (unpaired) electrons. The second-order valence-corrected chi connectivity index (χ2v) is 6.56. The van der Waals surface area contributed by atoms with Gasteiger partial charge in [-0.1, -0.05) is 41.9 Å². The van der Waals surface area contributed by atoms with Crippen molar-refractivity contribution in [2.75, 3.05) is 44.2 Å². The summed E-state index contributed by atoms with van der Waals surface area (Å²) in [5.74, 6) is 0. The SMILES string of the molecule is CCOC(CN1CCN(c2ccccc2)CC1)c1ccc(Cl)cc1. The molecule has 1 atom stereocenters. The fourth-order valence-electron chi connectivity index (χ4n) is 3.19. The normalized spacial score (nSPS) is 17.0. The van der Waals surface area contributed by atoms with Crippen LogP contribution in [0.5, 0.6) is 0 Å². The van der Waals surface area contributed by atoms with E-state index < -0.39 is 0 Å². The second-order valence-electron chi connectivity index (χ2n) is 6.12. The molecule has 1 fully saturated rings. The van der Waals surface area contributed by atoms with Gasteiger partial charge < -0.3 is 9.64 Å². The first-order valence-corrected chi connectivity index (χ1v) is 9.03. The Bertz CT molecular complexity index is 609. The molecule has 0 aromatic heterocycles. The van der Waals surface area contributed by atoms with Crippen LogP contribution in [0.4, 0.5) is 5.69 Å². The third-order valence-corrected chi connectivity index (χ3v) is 4.78. The van der Waals surface area contributed by atoms with Crippen molar-refractivity contribution in [1.82, 2.24) is 4.90 Å². The van der Waals surface area contributed by atoms with Crippen LogP contribution >= 0.6 is 11.6 Å². The summed E-state index contributed by atoms with van der Waals surface area (Å²) in [6, 6.07) is 18.7. The highest BCUT2D eigenvalue weighted by molar-refractivity contribution is 6.30. The number of hydrogen-bond donors (Lipinski definition) is 0. The van der Waals surface area contributed by atoms with Gasteiger partial charge in [-0.3, -0.25) is 4.90 Å². The van der Waals surface area contributed by atoms with Crippen LogP contribution in [-0.2, 0) is 4.74 Å². The van der Waals surface area contributed by atoms with Crippen molar-refractivity contribution in [2.45, 2.75) is 13.0 Å². The van der Waals surface area contributed by atoms with E-state index in [1.54, 1.807) is 0 Å². The number of rotatable bonds is 6. The Morgan fingerprint density at radius 2 is 1.62 bits per heavy atom. The highest BCUT2D eigenvalue weighted by Gasteiger charge is 2.21. The summed E-state index contributed by atoms with van der Waals surface area (Å²) < 4.78 is 5.98. The zero-order valence-corrected chi connectivity index (χ0v) is 15.0. The fourth-order valence-corrected chi connectivity index (χ4v) is 3.32. The summed E-state index contributed by atoms with van der Waals surface area (Å²) in [7, 11) is 0. The molecule has 0 amide bonds. The van der Waals surface area contributed by atoms with Gasteiger partial charge >= 0.3 is 0 Å². The number of piperazine rings is 1. The van der Waals surface area contributed by atoms with Gasteiger partial charge in [0.25, 0.3) is 0 Å². The minimum absolute atomic E-state index is 0.107. The molecule has 1 aliphatic rings. The first kappa shape index (κ1) is 17.3. The van der Waals surface area contributed by atoms with E-state index in [1.807, 2.05) is 12.1 Å². The van der Waals surface area contributed by atoms with Crippen LogP contribution in [0.2, 0.25) is 5.02 Å². The largest absolute Gasteiger partial charge is 0.372 e. The number of nitrogens with zero attached hydrogens (tertiary/aromatic N) is 2. The van der Waals surface area contributed by atoms with Gasteiger partial charge in [0.1, 0.15) is 0 Å². The molecule has 2 aromatic carbocycles. The minimum atomic E-state index is 0.107. The predicted molar refractivity (Wildman–Crippen MR) is 101 cm³/mol. The van der Waals surface area contributed by atoms with Crippen molar-refractivity contribution in [2.24, 2.45) is 0 Å². The Morgan fingerprint density at radius 3 is 2.25 bits per heavy atom.